The number of thioether (sulfide) groups is 1. The van der Waals surface area contributed by atoms with Gasteiger partial charge in [-0.2, -0.15) is 0 Å². The lowest BCUT2D eigenvalue weighted by Crippen LogP contribution is -2.56. The molecule has 3 atom stereocenters. The largest absolute Gasteiger partial charge is 0.381 e. The number of aliphatic hydroxyl groups is 1. The van der Waals surface area contributed by atoms with E-state index in [4.69, 9.17) is 0 Å². The molecule has 3 N–H and O–H groups in total. The number of nitrogens with one attached hydrogen (secondary N) is 2. The molecule has 1 saturated heterocycles. The number of hydrogen-bond acceptors (Lipinski definition) is 5. The van der Waals surface area contributed by atoms with E-state index in [1.54, 1.807) is 0 Å². The lowest BCUT2D eigenvalue weighted by Gasteiger charge is -2.30. The molecule has 1 heterocycles. The Morgan fingerprint density at radius 1 is 0.927 bits per heavy atom. The minimum Gasteiger partial charge on any atom is -0.381 e. The number of carbonyl (C=O) groups is 3. The molecule has 0 saturated carbocycles. The molecule has 1 fully saturated rings. The molecule has 0 radical (unpaired) electrons. The number of aliphatic hydroxyl groups excluding tert-OH is 1. The summed E-state index contributed by atoms with van der Waals surface area (Å²) >= 11 is 1.47. The standard InChI is InChI=1S/C33H39N3O4S/c1-22-10-7-8-15-26(22)19-34-32(39)29-20-41-21-36(29)33(40)31(38)28(18-25-13-5-4-6-14-25)35-30(37)17-16-27-23(2)11-9-12-24(27)3/h4-15,28-29,31,38H,16-21H2,1-3H3,(H,34,39)(H,35,37)/t28-,29-,31-/m0/s1. The van der Waals surface area contributed by atoms with Gasteiger partial charge in [-0.1, -0.05) is 72.8 Å². The summed E-state index contributed by atoms with van der Waals surface area (Å²) in [6, 6.07) is 21.8. The number of rotatable bonds is 11. The topological polar surface area (TPSA) is 98.7 Å². The van der Waals surface area contributed by atoms with Crippen molar-refractivity contribution in [2.45, 2.75) is 64.8 Å². The van der Waals surface area contributed by atoms with Crippen molar-refractivity contribution in [2.24, 2.45) is 0 Å². The minimum atomic E-state index is -1.50. The van der Waals surface area contributed by atoms with Crippen LogP contribution in [0.15, 0.2) is 72.8 Å². The van der Waals surface area contributed by atoms with Gasteiger partial charge in [-0.15, -0.1) is 11.8 Å². The zero-order valence-electron chi connectivity index (χ0n) is 23.9. The predicted octanol–water partition coefficient (Wildman–Crippen LogP) is 3.85. The average molecular weight is 574 g/mol. The van der Waals surface area contributed by atoms with Gasteiger partial charge < -0.3 is 20.6 Å². The fraction of sp³-hybridized carbons (Fsp3) is 0.364. The van der Waals surface area contributed by atoms with Gasteiger partial charge in [0, 0.05) is 18.7 Å². The first-order chi connectivity index (χ1) is 19.7. The number of carbonyl (C=O) groups excluding carboxylic acids is 3. The van der Waals surface area contributed by atoms with Crippen LogP contribution in [0.1, 0.15) is 39.8 Å². The number of aryl methyl sites for hydroxylation is 3. The van der Waals surface area contributed by atoms with E-state index in [1.807, 2.05) is 93.6 Å². The maximum absolute atomic E-state index is 13.6. The summed E-state index contributed by atoms with van der Waals surface area (Å²) < 4.78 is 0. The Labute approximate surface area is 246 Å². The lowest BCUT2D eigenvalue weighted by atomic mass is 9.97. The molecule has 0 unspecified atom stereocenters. The molecule has 41 heavy (non-hydrogen) atoms. The Morgan fingerprint density at radius 2 is 1.59 bits per heavy atom. The normalized spacial score (nSPS) is 16.2. The molecule has 0 spiro atoms. The van der Waals surface area contributed by atoms with E-state index >= 15 is 0 Å². The highest BCUT2D eigenvalue weighted by Gasteiger charge is 2.40. The molecular weight excluding hydrogens is 534 g/mol. The molecule has 1 aliphatic heterocycles. The smallest absolute Gasteiger partial charge is 0.254 e. The van der Waals surface area contributed by atoms with Crippen molar-refractivity contribution >= 4 is 29.5 Å². The van der Waals surface area contributed by atoms with Crippen molar-refractivity contribution in [3.05, 3.63) is 106 Å². The van der Waals surface area contributed by atoms with Crippen LogP contribution in [0.4, 0.5) is 0 Å². The van der Waals surface area contributed by atoms with Crippen molar-refractivity contribution in [1.82, 2.24) is 15.5 Å². The number of hydrogen-bond donors (Lipinski definition) is 3. The van der Waals surface area contributed by atoms with Gasteiger partial charge in [0.1, 0.15) is 6.04 Å². The third-order valence-electron chi connectivity index (χ3n) is 7.71. The van der Waals surface area contributed by atoms with Crippen molar-refractivity contribution in [3.63, 3.8) is 0 Å². The number of amides is 3. The quantitative estimate of drug-likeness (QED) is 0.324. The van der Waals surface area contributed by atoms with Gasteiger partial charge in [-0.3, -0.25) is 14.4 Å². The monoisotopic (exact) mass is 573 g/mol. The molecule has 7 nitrogen and oxygen atoms in total. The Hall–Kier alpha value is -3.62. The Bertz CT molecular complexity index is 1340. The third-order valence-corrected chi connectivity index (χ3v) is 8.72. The lowest BCUT2D eigenvalue weighted by molar-refractivity contribution is -0.146. The maximum Gasteiger partial charge on any atom is 0.254 e. The average Bonchev–Trinajstić information content (AvgIpc) is 3.46. The molecule has 0 aliphatic carbocycles. The van der Waals surface area contributed by atoms with Crippen LogP contribution in [-0.4, -0.2) is 57.5 Å². The van der Waals surface area contributed by atoms with Gasteiger partial charge in [0.2, 0.25) is 11.8 Å². The molecule has 3 aromatic rings. The van der Waals surface area contributed by atoms with E-state index < -0.39 is 24.1 Å². The van der Waals surface area contributed by atoms with Crippen LogP contribution in [-0.2, 0) is 33.8 Å². The first kappa shape index (κ1) is 30.3. The molecule has 4 rings (SSSR count). The van der Waals surface area contributed by atoms with E-state index in [9.17, 15) is 19.5 Å². The second kappa shape index (κ2) is 14.3. The second-order valence-corrected chi connectivity index (χ2v) is 11.6. The first-order valence-electron chi connectivity index (χ1n) is 14.0. The van der Waals surface area contributed by atoms with E-state index in [2.05, 4.69) is 10.6 Å². The number of benzene rings is 3. The van der Waals surface area contributed by atoms with Crippen LogP contribution in [0.3, 0.4) is 0 Å². The first-order valence-corrected chi connectivity index (χ1v) is 15.2. The van der Waals surface area contributed by atoms with E-state index in [0.29, 0.717) is 24.6 Å². The van der Waals surface area contributed by atoms with Gasteiger partial charge in [0.15, 0.2) is 6.10 Å². The highest BCUT2D eigenvalue weighted by atomic mass is 32.2. The van der Waals surface area contributed by atoms with Gasteiger partial charge in [0.05, 0.1) is 11.9 Å². The molecule has 0 aromatic heterocycles. The molecule has 0 bridgehead atoms. The fourth-order valence-corrected chi connectivity index (χ4v) is 6.36. The van der Waals surface area contributed by atoms with E-state index in [0.717, 1.165) is 33.4 Å². The predicted molar refractivity (Wildman–Crippen MR) is 163 cm³/mol. The molecule has 8 heteroatoms. The third kappa shape index (κ3) is 7.99. The van der Waals surface area contributed by atoms with Crippen LogP contribution in [0.25, 0.3) is 0 Å². The van der Waals surface area contributed by atoms with Crippen molar-refractivity contribution in [2.75, 3.05) is 11.6 Å². The summed E-state index contributed by atoms with van der Waals surface area (Å²) in [5.74, 6) is -0.290. The summed E-state index contributed by atoms with van der Waals surface area (Å²) in [5, 5.41) is 17.2. The molecule has 3 amide bonds. The van der Waals surface area contributed by atoms with E-state index in [1.165, 1.54) is 16.7 Å². The minimum absolute atomic E-state index is 0.233. The molecule has 216 valence electrons. The Morgan fingerprint density at radius 3 is 2.29 bits per heavy atom. The van der Waals surface area contributed by atoms with E-state index in [-0.39, 0.29) is 24.7 Å². The zero-order chi connectivity index (χ0) is 29.4. The number of nitrogens with zero attached hydrogens (tertiary/aromatic N) is 1. The SMILES string of the molecule is Cc1ccccc1CNC(=O)[C@@H]1CSCN1C(=O)[C@@H](O)[C@H](Cc1ccccc1)NC(=O)CCc1c(C)cccc1C. The summed E-state index contributed by atoms with van der Waals surface area (Å²) in [6.45, 7) is 6.41. The Kier molecular flexibility index (Phi) is 10.6. The molecule has 1 aliphatic rings. The van der Waals surface area contributed by atoms with Crippen LogP contribution < -0.4 is 10.6 Å². The van der Waals surface area contributed by atoms with Gasteiger partial charge in [-0.05, 0) is 67.0 Å². The summed E-state index contributed by atoms with van der Waals surface area (Å²) in [6.07, 6.45) is -0.405. The maximum atomic E-state index is 13.6. The van der Waals surface area contributed by atoms with Crippen LogP contribution in [0.2, 0.25) is 0 Å². The second-order valence-electron chi connectivity index (χ2n) is 10.6. The van der Waals surface area contributed by atoms with Crippen LogP contribution in [0.5, 0.6) is 0 Å². The molecular formula is C33H39N3O4S. The van der Waals surface area contributed by atoms with Crippen LogP contribution in [0, 0.1) is 20.8 Å². The Balaban J connectivity index is 1.43. The van der Waals surface area contributed by atoms with Gasteiger partial charge >= 0.3 is 0 Å². The highest BCUT2D eigenvalue weighted by molar-refractivity contribution is 7.99. The van der Waals surface area contributed by atoms with Crippen molar-refractivity contribution < 1.29 is 19.5 Å². The molecule has 3 aromatic carbocycles. The summed E-state index contributed by atoms with van der Waals surface area (Å²) in [5.41, 5.74) is 6.37. The fourth-order valence-electron chi connectivity index (χ4n) is 5.20. The zero-order valence-corrected chi connectivity index (χ0v) is 24.7. The van der Waals surface area contributed by atoms with Crippen LogP contribution >= 0.6 is 11.8 Å². The van der Waals surface area contributed by atoms with Gasteiger partial charge in [-0.25, -0.2) is 0 Å². The highest BCUT2D eigenvalue weighted by Crippen LogP contribution is 2.23. The van der Waals surface area contributed by atoms with Crippen molar-refractivity contribution in [3.8, 4) is 0 Å². The van der Waals surface area contributed by atoms with Crippen molar-refractivity contribution in [1.29, 1.82) is 0 Å². The van der Waals surface area contributed by atoms with Gasteiger partial charge in [0.25, 0.3) is 5.91 Å². The summed E-state index contributed by atoms with van der Waals surface area (Å²) in [7, 11) is 0. The summed E-state index contributed by atoms with van der Waals surface area (Å²) in [4.78, 5) is 41.2.